The molecule has 0 spiro atoms. The summed E-state index contributed by atoms with van der Waals surface area (Å²) in [7, 11) is 0. The van der Waals surface area contributed by atoms with Crippen LogP contribution in [0.15, 0.2) is 5.16 Å². The van der Waals surface area contributed by atoms with Gasteiger partial charge in [-0.1, -0.05) is 31.3 Å². The predicted molar refractivity (Wildman–Crippen MR) is 68.3 cm³/mol. The monoisotopic (exact) mass is 243 g/mol. The highest BCUT2D eigenvalue weighted by Crippen LogP contribution is 2.19. The summed E-state index contributed by atoms with van der Waals surface area (Å²) >= 11 is 0. The van der Waals surface area contributed by atoms with Crippen LogP contribution in [-0.4, -0.2) is 36.8 Å². The van der Waals surface area contributed by atoms with Gasteiger partial charge in [-0.2, -0.15) is 0 Å². The van der Waals surface area contributed by atoms with Gasteiger partial charge in [0.05, 0.1) is 12.7 Å². The van der Waals surface area contributed by atoms with Gasteiger partial charge in [0.2, 0.25) is 0 Å². The van der Waals surface area contributed by atoms with E-state index in [4.69, 9.17) is 15.7 Å². The standard InChI is InChI=1S/C12H25N3O2/c1-10(12(13)15-16)9-14-7-8-17-11-5-3-2-4-6-11/h10-11,14,16H,2-9H2,1H3,(H2,13,15). The Labute approximate surface area is 103 Å². The van der Waals surface area contributed by atoms with Crippen LogP contribution >= 0.6 is 0 Å². The Bertz CT molecular complexity index is 228. The molecule has 5 heteroatoms. The summed E-state index contributed by atoms with van der Waals surface area (Å²) in [6.45, 7) is 4.20. The van der Waals surface area contributed by atoms with E-state index in [0.717, 1.165) is 13.2 Å². The first-order chi connectivity index (χ1) is 8.24. The number of nitrogens with zero attached hydrogens (tertiary/aromatic N) is 1. The minimum atomic E-state index is 0.0506. The van der Waals surface area contributed by atoms with Crippen LogP contribution in [0.25, 0.3) is 0 Å². The Morgan fingerprint density at radius 1 is 1.47 bits per heavy atom. The van der Waals surface area contributed by atoms with E-state index >= 15 is 0 Å². The largest absolute Gasteiger partial charge is 0.409 e. The summed E-state index contributed by atoms with van der Waals surface area (Å²) in [5.74, 6) is 0.320. The van der Waals surface area contributed by atoms with Gasteiger partial charge >= 0.3 is 0 Å². The molecule has 1 atom stereocenters. The molecule has 5 nitrogen and oxygen atoms in total. The molecule has 17 heavy (non-hydrogen) atoms. The molecule has 0 radical (unpaired) electrons. The van der Waals surface area contributed by atoms with E-state index in [1.165, 1.54) is 32.1 Å². The van der Waals surface area contributed by atoms with E-state index in [1.807, 2.05) is 6.92 Å². The fraction of sp³-hybridized carbons (Fsp3) is 0.917. The van der Waals surface area contributed by atoms with Gasteiger partial charge in [0.15, 0.2) is 0 Å². The third-order valence-corrected chi connectivity index (χ3v) is 3.26. The zero-order valence-electron chi connectivity index (χ0n) is 10.7. The molecular weight excluding hydrogens is 218 g/mol. The van der Waals surface area contributed by atoms with Gasteiger partial charge < -0.3 is 21.0 Å². The SMILES string of the molecule is CC(CNCCOC1CCCCC1)C(N)=NO. The quantitative estimate of drug-likeness (QED) is 0.207. The maximum absolute atomic E-state index is 8.49. The lowest BCUT2D eigenvalue weighted by molar-refractivity contribution is 0.0302. The minimum Gasteiger partial charge on any atom is -0.409 e. The number of hydrogen-bond acceptors (Lipinski definition) is 4. The van der Waals surface area contributed by atoms with Gasteiger partial charge in [-0.25, -0.2) is 0 Å². The number of amidine groups is 1. The first-order valence-corrected chi connectivity index (χ1v) is 6.53. The molecule has 0 aromatic carbocycles. The third kappa shape index (κ3) is 5.89. The van der Waals surface area contributed by atoms with Crippen molar-refractivity contribution in [2.75, 3.05) is 19.7 Å². The number of rotatable bonds is 7. The molecule has 0 aliphatic heterocycles. The van der Waals surface area contributed by atoms with E-state index in [-0.39, 0.29) is 11.8 Å². The number of ether oxygens (including phenoxy) is 1. The second kappa shape index (κ2) is 8.31. The molecule has 0 aromatic rings. The van der Waals surface area contributed by atoms with Crippen LogP contribution in [0.3, 0.4) is 0 Å². The highest BCUT2D eigenvalue weighted by molar-refractivity contribution is 5.82. The zero-order chi connectivity index (χ0) is 12.5. The van der Waals surface area contributed by atoms with Gasteiger partial charge in [0, 0.05) is 19.0 Å². The second-order valence-electron chi connectivity index (χ2n) is 4.76. The van der Waals surface area contributed by atoms with E-state index in [2.05, 4.69) is 10.5 Å². The van der Waals surface area contributed by atoms with Crippen LogP contribution in [0.4, 0.5) is 0 Å². The van der Waals surface area contributed by atoms with E-state index in [0.29, 0.717) is 12.6 Å². The molecule has 1 rings (SSSR count). The third-order valence-electron chi connectivity index (χ3n) is 3.26. The van der Waals surface area contributed by atoms with Crippen LogP contribution in [0.2, 0.25) is 0 Å². The van der Waals surface area contributed by atoms with Crippen molar-refractivity contribution in [3.05, 3.63) is 0 Å². The average molecular weight is 243 g/mol. The lowest BCUT2D eigenvalue weighted by Crippen LogP contribution is -2.33. The minimum absolute atomic E-state index is 0.0506. The van der Waals surface area contributed by atoms with E-state index in [9.17, 15) is 0 Å². The summed E-state index contributed by atoms with van der Waals surface area (Å²) in [5, 5.41) is 14.7. The van der Waals surface area contributed by atoms with Crippen molar-refractivity contribution in [2.45, 2.75) is 45.1 Å². The normalized spacial score (nSPS) is 20.4. The number of hydrogen-bond donors (Lipinski definition) is 3. The maximum Gasteiger partial charge on any atom is 0.143 e. The van der Waals surface area contributed by atoms with Crippen molar-refractivity contribution in [3.8, 4) is 0 Å². The molecule has 0 heterocycles. The second-order valence-corrected chi connectivity index (χ2v) is 4.76. The number of nitrogens with two attached hydrogens (primary N) is 1. The Morgan fingerprint density at radius 2 is 2.18 bits per heavy atom. The van der Waals surface area contributed by atoms with E-state index < -0.39 is 0 Å². The highest BCUT2D eigenvalue weighted by Gasteiger charge is 2.13. The van der Waals surface area contributed by atoms with Crippen LogP contribution in [0.5, 0.6) is 0 Å². The summed E-state index contributed by atoms with van der Waals surface area (Å²) in [6.07, 6.45) is 6.85. The Kier molecular flexibility index (Phi) is 6.96. The molecule has 4 N–H and O–H groups in total. The fourth-order valence-corrected chi connectivity index (χ4v) is 2.05. The van der Waals surface area contributed by atoms with Crippen LogP contribution in [0.1, 0.15) is 39.0 Å². The lowest BCUT2D eigenvalue weighted by Gasteiger charge is -2.22. The van der Waals surface area contributed by atoms with Gasteiger partial charge in [0.1, 0.15) is 5.84 Å². The number of oxime groups is 1. The summed E-state index contributed by atoms with van der Waals surface area (Å²) < 4.78 is 5.78. The van der Waals surface area contributed by atoms with Crippen molar-refractivity contribution < 1.29 is 9.94 Å². The van der Waals surface area contributed by atoms with Crippen molar-refractivity contribution in [2.24, 2.45) is 16.8 Å². The van der Waals surface area contributed by atoms with Gasteiger partial charge in [-0.05, 0) is 12.8 Å². The summed E-state index contributed by atoms with van der Waals surface area (Å²) in [5.41, 5.74) is 5.48. The maximum atomic E-state index is 8.49. The Morgan fingerprint density at radius 3 is 2.82 bits per heavy atom. The molecule has 0 amide bonds. The molecular formula is C12H25N3O2. The zero-order valence-corrected chi connectivity index (χ0v) is 10.7. The molecule has 0 aromatic heterocycles. The Balaban J connectivity index is 1.97. The van der Waals surface area contributed by atoms with E-state index in [1.54, 1.807) is 0 Å². The summed E-state index contributed by atoms with van der Waals surface area (Å²) in [6, 6.07) is 0. The van der Waals surface area contributed by atoms with Gasteiger partial charge in [-0.3, -0.25) is 0 Å². The summed E-state index contributed by atoms with van der Waals surface area (Å²) in [4.78, 5) is 0. The fourth-order valence-electron chi connectivity index (χ4n) is 2.05. The highest BCUT2D eigenvalue weighted by atomic mass is 16.5. The molecule has 0 saturated heterocycles. The molecule has 0 bridgehead atoms. The lowest BCUT2D eigenvalue weighted by atomic mass is 9.98. The molecule has 1 unspecified atom stereocenters. The molecule has 1 aliphatic rings. The predicted octanol–water partition coefficient (Wildman–Crippen LogP) is 1.31. The smallest absolute Gasteiger partial charge is 0.143 e. The first-order valence-electron chi connectivity index (χ1n) is 6.53. The van der Waals surface area contributed by atoms with Crippen molar-refractivity contribution in [1.29, 1.82) is 0 Å². The van der Waals surface area contributed by atoms with Crippen molar-refractivity contribution >= 4 is 5.84 Å². The Hall–Kier alpha value is -0.810. The van der Waals surface area contributed by atoms with Crippen molar-refractivity contribution in [3.63, 3.8) is 0 Å². The molecule has 1 fully saturated rings. The van der Waals surface area contributed by atoms with Crippen LogP contribution in [-0.2, 0) is 4.74 Å². The van der Waals surface area contributed by atoms with Gasteiger partial charge in [-0.15, -0.1) is 0 Å². The topological polar surface area (TPSA) is 79.9 Å². The molecule has 1 aliphatic carbocycles. The van der Waals surface area contributed by atoms with Gasteiger partial charge in [0.25, 0.3) is 0 Å². The molecule has 1 saturated carbocycles. The van der Waals surface area contributed by atoms with Crippen LogP contribution < -0.4 is 11.1 Å². The first kappa shape index (κ1) is 14.3. The number of nitrogens with one attached hydrogen (secondary N) is 1. The van der Waals surface area contributed by atoms with Crippen LogP contribution in [0, 0.1) is 5.92 Å². The van der Waals surface area contributed by atoms with Crippen molar-refractivity contribution in [1.82, 2.24) is 5.32 Å². The average Bonchev–Trinajstić information content (AvgIpc) is 2.38. The molecule has 100 valence electrons.